The predicted molar refractivity (Wildman–Crippen MR) is 114 cm³/mol. The maximum Gasteiger partial charge on any atom is 0.251 e. The predicted octanol–water partition coefficient (Wildman–Crippen LogP) is 2.91. The second-order valence-corrected chi connectivity index (χ2v) is 9.14. The van der Waals surface area contributed by atoms with Gasteiger partial charge < -0.3 is 14.8 Å². The molecule has 0 bridgehead atoms. The number of ether oxygens (including phenoxy) is 2. The molecule has 1 saturated heterocycles. The molecule has 1 aliphatic heterocycles. The van der Waals surface area contributed by atoms with Gasteiger partial charge in [-0.05, 0) is 54.8 Å². The Morgan fingerprint density at radius 1 is 1.17 bits per heavy atom. The third kappa shape index (κ3) is 4.83. The van der Waals surface area contributed by atoms with Crippen molar-refractivity contribution in [3.05, 3.63) is 59.2 Å². The molecule has 0 spiro atoms. The molecule has 1 amide bonds. The van der Waals surface area contributed by atoms with Crippen molar-refractivity contribution in [2.45, 2.75) is 31.2 Å². The van der Waals surface area contributed by atoms with Gasteiger partial charge in [0.15, 0.2) is 0 Å². The van der Waals surface area contributed by atoms with E-state index in [1.807, 2.05) is 32.0 Å². The monoisotopic (exact) mass is 432 g/mol. The summed E-state index contributed by atoms with van der Waals surface area (Å²) in [5.74, 6) is 0.558. The lowest BCUT2D eigenvalue weighted by Gasteiger charge is -2.26. The van der Waals surface area contributed by atoms with Crippen molar-refractivity contribution >= 4 is 15.9 Å². The van der Waals surface area contributed by atoms with Crippen molar-refractivity contribution in [3.63, 3.8) is 0 Å². The quantitative estimate of drug-likeness (QED) is 0.727. The zero-order chi connectivity index (χ0) is 21.7. The third-order valence-electron chi connectivity index (χ3n) is 5.26. The summed E-state index contributed by atoms with van der Waals surface area (Å²) in [6.45, 7) is 5.42. The number of aryl methyl sites for hydroxylation is 1. The van der Waals surface area contributed by atoms with Crippen LogP contribution in [0, 0.1) is 6.92 Å². The van der Waals surface area contributed by atoms with Crippen molar-refractivity contribution in [1.82, 2.24) is 9.62 Å². The van der Waals surface area contributed by atoms with Gasteiger partial charge in [0.2, 0.25) is 10.0 Å². The van der Waals surface area contributed by atoms with Gasteiger partial charge in [0, 0.05) is 18.7 Å². The Hall–Kier alpha value is -2.42. The number of benzene rings is 2. The number of nitrogens with zero attached hydrogens (tertiary/aromatic N) is 1. The molecule has 0 unspecified atom stereocenters. The highest BCUT2D eigenvalue weighted by Crippen LogP contribution is 2.25. The number of hydrogen-bond donors (Lipinski definition) is 1. The van der Waals surface area contributed by atoms with Gasteiger partial charge in [-0.1, -0.05) is 19.1 Å². The highest BCUT2D eigenvalue weighted by Gasteiger charge is 2.26. The average molecular weight is 433 g/mol. The van der Waals surface area contributed by atoms with E-state index in [2.05, 4.69) is 5.32 Å². The summed E-state index contributed by atoms with van der Waals surface area (Å²) >= 11 is 0. The molecule has 3 rings (SSSR count). The van der Waals surface area contributed by atoms with Gasteiger partial charge in [-0.25, -0.2) is 8.42 Å². The van der Waals surface area contributed by atoms with E-state index in [9.17, 15) is 13.2 Å². The molecule has 1 N–H and O–H groups in total. The Bertz CT molecular complexity index is 983. The zero-order valence-electron chi connectivity index (χ0n) is 17.6. The molecule has 1 atom stereocenters. The Labute approximate surface area is 178 Å². The van der Waals surface area contributed by atoms with E-state index in [1.54, 1.807) is 19.2 Å². The standard InChI is InChI=1S/C22H28N2O5S/c1-4-20(18-7-10-21(28-3)16(2)15-18)23-22(25)17-5-8-19(9-6-17)30(26,27)24-11-13-29-14-12-24/h5-10,15,20H,4,11-14H2,1-3H3,(H,23,25)/t20-/m1/s1. The minimum atomic E-state index is -3.58. The van der Waals surface area contributed by atoms with E-state index in [0.717, 1.165) is 23.3 Å². The number of amides is 1. The van der Waals surface area contributed by atoms with Crippen LogP contribution in [0.15, 0.2) is 47.4 Å². The molecule has 162 valence electrons. The molecule has 30 heavy (non-hydrogen) atoms. The molecule has 0 aliphatic carbocycles. The first-order valence-corrected chi connectivity index (χ1v) is 11.4. The van der Waals surface area contributed by atoms with E-state index in [-0.39, 0.29) is 16.8 Å². The van der Waals surface area contributed by atoms with Crippen molar-refractivity contribution < 1.29 is 22.7 Å². The molecule has 7 nitrogen and oxygen atoms in total. The summed E-state index contributed by atoms with van der Waals surface area (Å²) in [5.41, 5.74) is 2.41. The minimum Gasteiger partial charge on any atom is -0.496 e. The average Bonchev–Trinajstić information content (AvgIpc) is 2.78. The largest absolute Gasteiger partial charge is 0.496 e. The van der Waals surface area contributed by atoms with Crippen LogP contribution in [0.3, 0.4) is 0 Å². The van der Waals surface area contributed by atoms with Crippen LogP contribution in [0.4, 0.5) is 0 Å². The number of morpholine rings is 1. The fourth-order valence-corrected chi connectivity index (χ4v) is 4.90. The first-order chi connectivity index (χ1) is 14.4. The molecule has 1 aliphatic rings. The minimum absolute atomic E-state index is 0.154. The van der Waals surface area contributed by atoms with E-state index in [4.69, 9.17) is 9.47 Å². The number of sulfonamides is 1. The maximum atomic E-state index is 12.7. The number of nitrogens with one attached hydrogen (secondary N) is 1. The van der Waals surface area contributed by atoms with E-state index in [0.29, 0.717) is 31.9 Å². The van der Waals surface area contributed by atoms with Crippen molar-refractivity contribution in [1.29, 1.82) is 0 Å². The zero-order valence-corrected chi connectivity index (χ0v) is 18.4. The highest BCUT2D eigenvalue weighted by molar-refractivity contribution is 7.89. The topological polar surface area (TPSA) is 84.9 Å². The van der Waals surface area contributed by atoms with Crippen molar-refractivity contribution in [3.8, 4) is 5.75 Å². The first kappa shape index (κ1) is 22.3. The Balaban J connectivity index is 1.72. The number of hydrogen-bond acceptors (Lipinski definition) is 5. The van der Waals surface area contributed by atoms with Gasteiger partial charge in [0.25, 0.3) is 5.91 Å². The molecule has 1 fully saturated rings. The lowest BCUT2D eigenvalue weighted by atomic mass is 10.0. The second kappa shape index (κ2) is 9.59. The molecule has 2 aromatic carbocycles. The lowest BCUT2D eigenvalue weighted by molar-refractivity contribution is 0.0730. The summed E-state index contributed by atoms with van der Waals surface area (Å²) in [7, 11) is -1.95. The van der Waals surface area contributed by atoms with Gasteiger partial charge in [0.05, 0.1) is 31.3 Å². The summed E-state index contributed by atoms with van der Waals surface area (Å²) < 4.78 is 37.4. The van der Waals surface area contributed by atoms with Gasteiger partial charge in [0.1, 0.15) is 5.75 Å². The highest BCUT2D eigenvalue weighted by atomic mass is 32.2. The van der Waals surface area contributed by atoms with E-state index >= 15 is 0 Å². The second-order valence-electron chi connectivity index (χ2n) is 7.20. The van der Waals surface area contributed by atoms with Crippen LogP contribution in [0.2, 0.25) is 0 Å². The fraction of sp³-hybridized carbons (Fsp3) is 0.409. The molecule has 0 aromatic heterocycles. The van der Waals surface area contributed by atoms with Gasteiger partial charge in [-0.15, -0.1) is 0 Å². The molecule has 0 saturated carbocycles. The molecule has 2 aromatic rings. The third-order valence-corrected chi connectivity index (χ3v) is 7.17. The fourth-order valence-electron chi connectivity index (χ4n) is 3.50. The first-order valence-electron chi connectivity index (χ1n) is 10.00. The molecular formula is C22H28N2O5S. The molecular weight excluding hydrogens is 404 g/mol. The van der Waals surface area contributed by atoms with Crippen LogP contribution < -0.4 is 10.1 Å². The Morgan fingerprint density at radius 3 is 2.40 bits per heavy atom. The summed E-state index contributed by atoms with van der Waals surface area (Å²) in [5, 5.41) is 3.03. The van der Waals surface area contributed by atoms with Gasteiger partial charge in [-0.2, -0.15) is 4.31 Å². The summed E-state index contributed by atoms with van der Waals surface area (Å²) in [6, 6.07) is 11.8. The van der Waals surface area contributed by atoms with Gasteiger partial charge in [-0.3, -0.25) is 4.79 Å². The SMILES string of the molecule is CC[C@@H](NC(=O)c1ccc(S(=O)(=O)N2CCOCC2)cc1)c1ccc(OC)c(C)c1. The van der Waals surface area contributed by atoms with Crippen molar-refractivity contribution in [2.75, 3.05) is 33.4 Å². The summed E-state index contributed by atoms with van der Waals surface area (Å²) in [4.78, 5) is 12.9. The molecule has 0 radical (unpaired) electrons. The lowest BCUT2D eigenvalue weighted by Crippen LogP contribution is -2.40. The number of carbonyl (C=O) groups excluding carboxylic acids is 1. The number of carbonyl (C=O) groups is 1. The number of methoxy groups -OCH3 is 1. The van der Waals surface area contributed by atoms with Crippen LogP contribution in [-0.2, 0) is 14.8 Å². The van der Waals surface area contributed by atoms with Crippen LogP contribution in [0.5, 0.6) is 5.75 Å². The van der Waals surface area contributed by atoms with E-state index < -0.39 is 10.0 Å². The van der Waals surface area contributed by atoms with E-state index in [1.165, 1.54) is 16.4 Å². The van der Waals surface area contributed by atoms with Crippen LogP contribution in [-0.4, -0.2) is 52.0 Å². The normalized spacial score (nSPS) is 16.1. The Morgan fingerprint density at radius 2 is 1.83 bits per heavy atom. The maximum absolute atomic E-state index is 12.7. The Kier molecular flexibility index (Phi) is 7.12. The van der Waals surface area contributed by atoms with Crippen LogP contribution in [0.25, 0.3) is 0 Å². The van der Waals surface area contributed by atoms with Crippen LogP contribution in [0.1, 0.15) is 40.9 Å². The van der Waals surface area contributed by atoms with Crippen molar-refractivity contribution in [2.24, 2.45) is 0 Å². The van der Waals surface area contributed by atoms with Crippen LogP contribution >= 0.6 is 0 Å². The molecule has 8 heteroatoms. The number of rotatable bonds is 7. The summed E-state index contributed by atoms with van der Waals surface area (Å²) in [6.07, 6.45) is 0.723. The molecule has 1 heterocycles. The smallest absolute Gasteiger partial charge is 0.251 e. The van der Waals surface area contributed by atoms with Gasteiger partial charge >= 0.3 is 0 Å².